The van der Waals surface area contributed by atoms with E-state index in [1.54, 1.807) is 4.90 Å². The Kier molecular flexibility index (Phi) is 5.44. The Morgan fingerprint density at radius 2 is 2.06 bits per heavy atom. The van der Waals surface area contributed by atoms with Crippen molar-refractivity contribution in [2.45, 2.75) is 58.5 Å². The third kappa shape index (κ3) is 3.37. The van der Waals surface area contributed by atoms with Crippen molar-refractivity contribution in [2.75, 3.05) is 13.1 Å². The minimum Gasteiger partial charge on any atom is -0.480 e. The van der Waals surface area contributed by atoms with E-state index in [2.05, 4.69) is 0 Å². The summed E-state index contributed by atoms with van der Waals surface area (Å²) < 4.78 is 0. The maximum atomic E-state index is 12.4. The first-order valence-electron chi connectivity index (χ1n) is 6.79. The number of carboxylic acid groups (broad SMARTS) is 1. The average molecular weight is 256 g/mol. The Bertz CT molecular complexity index is 305. The largest absolute Gasteiger partial charge is 0.480 e. The SMILES string of the molecule is CCCN(C(=O)N1CCCCC1C(=O)O)C(C)C. The number of carbonyl (C=O) groups is 2. The minimum absolute atomic E-state index is 0.105. The van der Waals surface area contributed by atoms with Crippen LogP contribution in [0.25, 0.3) is 0 Å². The Morgan fingerprint density at radius 1 is 1.39 bits per heavy atom. The molecule has 0 bridgehead atoms. The Hall–Kier alpha value is -1.26. The highest BCUT2D eigenvalue weighted by molar-refractivity contribution is 5.83. The molecular formula is C13H24N2O3. The van der Waals surface area contributed by atoms with Crippen LogP contribution in [0.5, 0.6) is 0 Å². The first-order valence-corrected chi connectivity index (χ1v) is 6.79. The number of rotatable bonds is 4. The molecule has 0 saturated carbocycles. The number of piperidine rings is 1. The molecule has 1 saturated heterocycles. The number of likely N-dealkylation sites (tertiary alicyclic amines) is 1. The van der Waals surface area contributed by atoms with Crippen LogP contribution < -0.4 is 0 Å². The van der Waals surface area contributed by atoms with E-state index in [1.807, 2.05) is 20.8 Å². The molecule has 2 amide bonds. The summed E-state index contributed by atoms with van der Waals surface area (Å²) in [6, 6.07) is -0.669. The Morgan fingerprint density at radius 3 is 2.56 bits per heavy atom. The van der Waals surface area contributed by atoms with E-state index < -0.39 is 12.0 Å². The van der Waals surface area contributed by atoms with Crippen molar-refractivity contribution in [2.24, 2.45) is 0 Å². The smallest absolute Gasteiger partial charge is 0.326 e. The molecular weight excluding hydrogens is 232 g/mol. The van der Waals surface area contributed by atoms with E-state index in [4.69, 9.17) is 0 Å². The van der Waals surface area contributed by atoms with Gasteiger partial charge in [-0.25, -0.2) is 9.59 Å². The number of amides is 2. The van der Waals surface area contributed by atoms with Gasteiger partial charge in [0.25, 0.3) is 0 Å². The van der Waals surface area contributed by atoms with Crippen molar-refractivity contribution in [3.8, 4) is 0 Å². The van der Waals surface area contributed by atoms with Crippen molar-refractivity contribution in [3.63, 3.8) is 0 Å². The van der Waals surface area contributed by atoms with Gasteiger partial charge in [0.1, 0.15) is 6.04 Å². The number of nitrogens with zero attached hydrogens (tertiary/aromatic N) is 2. The fourth-order valence-corrected chi connectivity index (χ4v) is 2.40. The molecule has 1 aliphatic heterocycles. The molecule has 0 spiro atoms. The average Bonchev–Trinajstić information content (AvgIpc) is 2.34. The molecule has 1 heterocycles. The third-order valence-electron chi connectivity index (χ3n) is 3.37. The van der Waals surface area contributed by atoms with E-state index in [0.717, 1.165) is 19.3 Å². The van der Waals surface area contributed by atoms with Gasteiger partial charge in [0.05, 0.1) is 0 Å². The van der Waals surface area contributed by atoms with Crippen LogP contribution in [0.2, 0.25) is 0 Å². The monoisotopic (exact) mass is 256 g/mol. The summed E-state index contributed by atoms with van der Waals surface area (Å²) >= 11 is 0. The predicted molar refractivity (Wildman–Crippen MR) is 69.5 cm³/mol. The number of hydrogen-bond acceptors (Lipinski definition) is 2. The van der Waals surface area contributed by atoms with Crippen LogP contribution >= 0.6 is 0 Å². The molecule has 5 nitrogen and oxygen atoms in total. The second kappa shape index (κ2) is 6.61. The van der Waals surface area contributed by atoms with Crippen LogP contribution in [0, 0.1) is 0 Å². The highest BCUT2D eigenvalue weighted by atomic mass is 16.4. The summed E-state index contributed by atoms with van der Waals surface area (Å²) in [5.74, 6) is -0.886. The van der Waals surface area contributed by atoms with Crippen LogP contribution in [-0.2, 0) is 4.79 Å². The second-order valence-corrected chi connectivity index (χ2v) is 5.11. The molecule has 1 rings (SSSR count). The van der Waals surface area contributed by atoms with Crippen molar-refractivity contribution in [3.05, 3.63) is 0 Å². The third-order valence-corrected chi connectivity index (χ3v) is 3.37. The standard InChI is InChI=1S/C13H24N2O3/c1-4-8-14(10(2)3)13(18)15-9-6-5-7-11(15)12(16)17/h10-11H,4-9H2,1-3H3,(H,16,17). The van der Waals surface area contributed by atoms with Gasteiger partial charge in [-0.05, 0) is 39.5 Å². The molecule has 1 unspecified atom stereocenters. The summed E-state index contributed by atoms with van der Waals surface area (Å²) in [6.45, 7) is 7.19. The van der Waals surface area contributed by atoms with Gasteiger partial charge >= 0.3 is 12.0 Å². The lowest BCUT2D eigenvalue weighted by molar-refractivity contribution is -0.143. The summed E-state index contributed by atoms with van der Waals surface area (Å²) in [6.07, 6.45) is 3.23. The molecule has 1 fully saturated rings. The molecule has 0 aromatic carbocycles. The molecule has 0 radical (unpaired) electrons. The zero-order valence-electron chi connectivity index (χ0n) is 11.6. The summed E-state index contributed by atoms with van der Waals surface area (Å²) in [5.41, 5.74) is 0. The van der Waals surface area contributed by atoms with E-state index in [1.165, 1.54) is 4.90 Å². The highest BCUT2D eigenvalue weighted by Crippen LogP contribution is 2.20. The van der Waals surface area contributed by atoms with Crippen LogP contribution in [0.4, 0.5) is 4.79 Å². The van der Waals surface area contributed by atoms with Gasteiger partial charge in [0.15, 0.2) is 0 Å². The first-order chi connectivity index (χ1) is 8.49. The molecule has 0 aromatic rings. The first kappa shape index (κ1) is 14.8. The normalized spacial score (nSPS) is 20.0. The molecule has 1 aliphatic rings. The molecule has 0 aliphatic carbocycles. The lowest BCUT2D eigenvalue weighted by Crippen LogP contribution is -2.54. The minimum atomic E-state index is -0.886. The summed E-state index contributed by atoms with van der Waals surface area (Å²) in [7, 11) is 0. The van der Waals surface area contributed by atoms with Gasteiger partial charge in [-0.1, -0.05) is 6.92 Å². The van der Waals surface area contributed by atoms with Gasteiger partial charge in [0.2, 0.25) is 0 Å². The van der Waals surface area contributed by atoms with Gasteiger partial charge in [0, 0.05) is 19.1 Å². The van der Waals surface area contributed by atoms with Crippen LogP contribution in [0.15, 0.2) is 0 Å². The maximum absolute atomic E-state index is 12.4. The van der Waals surface area contributed by atoms with E-state index in [9.17, 15) is 14.7 Å². The van der Waals surface area contributed by atoms with Crippen molar-refractivity contribution < 1.29 is 14.7 Å². The molecule has 5 heteroatoms. The van der Waals surface area contributed by atoms with Gasteiger partial charge in [-0.15, -0.1) is 0 Å². The van der Waals surface area contributed by atoms with Gasteiger partial charge in [-0.3, -0.25) is 0 Å². The number of carbonyl (C=O) groups excluding carboxylic acids is 1. The van der Waals surface area contributed by atoms with E-state index in [0.29, 0.717) is 19.5 Å². The number of hydrogen-bond donors (Lipinski definition) is 1. The predicted octanol–water partition coefficient (Wildman–Crippen LogP) is 2.17. The van der Waals surface area contributed by atoms with Gasteiger partial charge in [-0.2, -0.15) is 0 Å². The van der Waals surface area contributed by atoms with Crippen LogP contribution in [-0.4, -0.2) is 52.1 Å². The van der Waals surface area contributed by atoms with Crippen molar-refractivity contribution in [1.29, 1.82) is 0 Å². The van der Waals surface area contributed by atoms with Crippen LogP contribution in [0.1, 0.15) is 46.5 Å². The lowest BCUT2D eigenvalue weighted by atomic mass is 10.0. The highest BCUT2D eigenvalue weighted by Gasteiger charge is 2.34. The number of aliphatic carboxylic acids is 1. The second-order valence-electron chi connectivity index (χ2n) is 5.11. The van der Waals surface area contributed by atoms with Gasteiger partial charge < -0.3 is 14.9 Å². The maximum Gasteiger partial charge on any atom is 0.326 e. The fourth-order valence-electron chi connectivity index (χ4n) is 2.40. The van der Waals surface area contributed by atoms with Crippen LogP contribution in [0.3, 0.4) is 0 Å². The quantitative estimate of drug-likeness (QED) is 0.838. The Labute approximate surface area is 109 Å². The van der Waals surface area contributed by atoms with Crippen molar-refractivity contribution in [1.82, 2.24) is 9.80 Å². The molecule has 1 atom stereocenters. The summed E-state index contributed by atoms with van der Waals surface area (Å²) in [4.78, 5) is 26.9. The Balaban J connectivity index is 2.80. The van der Waals surface area contributed by atoms with E-state index >= 15 is 0 Å². The zero-order chi connectivity index (χ0) is 13.7. The van der Waals surface area contributed by atoms with Crippen molar-refractivity contribution >= 4 is 12.0 Å². The number of urea groups is 1. The molecule has 0 aromatic heterocycles. The lowest BCUT2D eigenvalue weighted by Gasteiger charge is -2.38. The molecule has 1 N–H and O–H groups in total. The zero-order valence-corrected chi connectivity index (χ0v) is 11.6. The fraction of sp³-hybridized carbons (Fsp3) is 0.846. The molecule has 18 heavy (non-hydrogen) atoms. The summed E-state index contributed by atoms with van der Waals surface area (Å²) in [5, 5.41) is 9.20. The number of carboxylic acids is 1. The topological polar surface area (TPSA) is 60.9 Å². The molecule has 104 valence electrons. The van der Waals surface area contributed by atoms with E-state index in [-0.39, 0.29) is 12.1 Å².